The molecule has 1 heterocycles. The van der Waals surface area contributed by atoms with E-state index in [9.17, 15) is 9.59 Å². The monoisotopic (exact) mass is 458 g/mol. The van der Waals surface area contributed by atoms with Crippen LogP contribution in [-0.2, 0) is 4.79 Å². The van der Waals surface area contributed by atoms with Crippen molar-refractivity contribution in [2.24, 2.45) is 5.10 Å². The molecule has 4 rings (SSSR count). The van der Waals surface area contributed by atoms with Gasteiger partial charge in [0.25, 0.3) is 5.91 Å². The Labute approximate surface area is 198 Å². The lowest BCUT2D eigenvalue weighted by Crippen LogP contribution is -2.31. The highest BCUT2D eigenvalue weighted by atomic mass is 16.5. The van der Waals surface area contributed by atoms with Crippen molar-refractivity contribution < 1.29 is 23.8 Å². The molecule has 1 atom stereocenters. The van der Waals surface area contributed by atoms with Crippen LogP contribution in [0.1, 0.15) is 40.9 Å². The third-order valence-electron chi connectivity index (χ3n) is 5.53. The van der Waals surface area contributed by atoms with E-state index < -0.39 is 0 Å². The molecule has 0 aromatic heterocycles. The van der Waals surface area contributed by atoms with Gasteiger partial charge < -0.3 is 14.2 Å². The number of benzene rings is 3. The van der Waals surface area contributed by atoms with Gasteiger partial charge in [0, 0.05) is 12.0 Å². The van der Waals surface area contributed by atoms with E-state index in [1.807, 2.05) is 61.5 Å². The van der Waals surface area contributed by atoms with Gasteiger partial charge in [-0.2, -0.15) is 5.10 Å². The maximum Gasteiger partial charge on any atom is 0.281 e. The standard InChI is InChI=1S/C27H26N2O5/c1-3-33-26-15-19(17-30)9-14-25(26)34-18-27(31)29-24(21-10-12-22(32-2)13-11-21)16-23(28-29)20-7-5-4-6-8-20/h4-15,17,24H,3,16,18H2,1-2H3. The highest BCUT2D eigenvalue weighted by molar-refractivity contribution is 6.03. The molecular weight excluding hydrogens is 432 g/mol. The predicted octanol–water partition coefficient (Wildman–Crippen LogP) is 4.66. The fraction of sp³-hybridized carbons (Fsp3) is 0.222. The molecule has 0 bridgehead atoms. The Morgan fingerprint density at radius 3 is 2.47 bits per heavy atom. The Kier molecular flexibility index (Phi) is 7.22. The summed E-state index contributed by atoms with van der Waals surface area (Å²) in [5.74, 6) is 1.28. The summed E-state index contributed by atoms with van der Waals surface area (Å²) in [7, 11) is 1.62. The van der Waals surface area contributed by atoms with Gasteiger partial charge in [-0.3, -0.25) is 9.59 Å². The molecule has 7 nitrogen and oxygen atoms in total. The summed E-state index contributed by atoms with van der Waals surface area (Å²) in [6.07, 6.45) is 1.32. The van der Waals surface area contributed by atoms with Crippen molar-refractivity contribution in [1.29, 1.82) is 0 Å². The maximum absolute atomic E-state index is 13.3. The first-order valence-electron chi connectivity index (χ1n) is 11.1. The summed E-state index contributed by atoms with van der Waals surface area (Å²) in [6, 6.07) is 22.0. The highest BCUT2D eigenvalue weighted by Crippen LogP contribution is 2.34. The van der Waals surface area contributed by atoms with Gasteiger partial charge in [-0.05, 0) is 48.4 Å². The number of rotatable bonds is 9. The molecule has 174 valence electrons. The highest BCUT2D eigenvalue weighted by Gasteiger charge is 2.33. The van der Waals surface area contributed by atoms with Gasteiger partial charge in [-0.1, -0.05) is 42.5 Å². The number of amides is 1. The molecule has 0 saturated heterocycles. The van der Waals surface area contributed by atoms with Crippen LogP contribution in [-0.4, -0.2) is 43.2 Å². The van der Waals surface area contributed by atoms with Crippen LogP contribution in [0.3, 0.4) is 0 Å². The van der Waals surface area contributed by atoms with Crippen LogP contribution in [0, 0.1) is 0 Å². The summed E-state index contributed by atoms with van der Waals surface area (Å²) in [6.45, 7) is 2.02. The second kappa shape index (κ2) is 10.7. The molecule has 1 aliphatic heterocycles. The number of hydrogen-bond donors (Lipinski definition) is 0. The first-order chi connectivity index (χ1) is 16.6. The lowest BCUT2D eigenvalue weighted by atomic mass is 9.98. The summed E-state index contributed by atoms with van der Waals surface area (Å²) >= 11 is 0. The summed E-state index contributed by atoms with van der Waals surface area (Å²) in [4.78, 5) is 24.4. The summed E-state index contributed by atoms with van der Waals surface area (Å²) in [5, 5.41) is 6.16. The number of hydrazone groups is 1. The second-order valence-electron chi connectivity index (χ2n) is 7.69. The quantitative estimate of drug-likeness (QED) is 0.436. The van der Waals surface area contributed by atoms with Crippen LogP contribution < -0.4 is 14.2 Å². The molecule has 7 heteroatoms. The van der Waals surface area contributed by atoms with Crippen molar-refractivity contribution in [1.82, 2.24) is 5.01 Å². The van der Waals surface area contributed by atoms with Gasteiger partial charge in [0.2, 0.25) is 0 Å². The number of aldehydes is 1. The molecule has 1 unspecified atom stereocenters. The second-order valence-corrected chi connectivity index (χ2v) is 7.69. The van der Waals surface area contributed by atoms with Crippen LogP contribution >= 0.6 is 0 Å². The number of ether oxygens (including phenoxy) is 3. The van der Waals surface area contributed by atoms with Crippen molar-refractivity contribution in [2.45, 2.75) is 19.4 Å². The fourth-order valence-corrected chi connectivity index (χ4v) is 3.82. The zero-order chi connectivity index (χ0) is 23.9. The molecule has 34 heavy (non-hydrogen) atoms. The Morgan fingerprint density at radius 1 is 1.03 bits per heavy atom. The summed E-state index contributed by atoms with van der Waals surface area (Å²) < 4.78 is 16.6. The first kappa shape index (κ1) is 23.0. The SMILES string of the molecule is CCOc1cc(C=O)ccc1OCC(=O)N1N=C(c2ccccc2)CC1c1ccc(OC)cc1. The van der Waals surface area contributed by atoms with Gasteiger partial charge in [-0.15, -0.1) is 0 Å². The van der Waals surface area contributed by atoms with Gasteiger partial charge in [0.05, 0.1) is 25.5 Å². The van der Waals surface area contributed by atoms with E-state index in [1.54, 1.807) is 25.3 Å². The van der Waals surface area contributed by atoms with E-state index in [0.29, 0.717) is 30.1 Å². The van der Waals surface area contributed by atoms with Crippen LogP contribution in [0.25, 0.3) is 0 Å². The predicted molar refractivity (Wildman–Crippen MR) is 129 cm³/mol. The zero-order valence-electron chi connectivity index (χ0n) is 19.1. The number of carbonyl (C=O) groups excluding carboxylic acids is 2. The Hall–Kier alpha value is -4.13. The summed E-state index contributed by atoms with van der Waals surface area (Å²) in [5.41, 5.74) is 3.23. The third-order valence-corrected chi connectivity index (χ3v) is 5.53. The van der Waals surface area contributed by atoms with Gasteiger partial charge in [-0.25, -0.2) is 5.01 Å². The minimum absolute atomic E-state index is 0.223. The lowest BCUT2D eigenvalue weighted by molar-refractivity contribution is -0.135. The number of nitrogens with zero attached hydrogens (tertiary/aromatic N) is 2. The van der Waals surface area contributed by atoms with Gasteiger partial charge >= 0.3 is 0 Å². The zero-order valence-corrected chi connectivity index (χ0v) is 19.1. The molecule has 0 radical (unpaired) electrons. The molecule has 0 aliphatic carbocycles. The van der Waals surface area contributed by atoms with Gasteiger partial charge in [0.1, 0.15) is 12.0 Å². The largest absolute Gasteiger partial charge is 0.497 e. The van der Waals surface area contributed by atoms with E-state index in [-0.39, 0.29) is 18.6 Å². The Balaban J connectivity index is 1.57. The number of methoxy groups -OCH3 is 1. The fourth-order valence-electron chi connectivity index (χ4n) is 3.82. The van der Waals surface area contributed by atoms with Crippen molar-refractivity contribution >= 4 is 17.9 Å². The van der Waals surface area contributed by atoms with Crippen molar-refractivity contribution in [3.63, 3.8) is 0 Å². The smallest absolute Gasteiger partial charge is 0.281 e. The van der Waals surface area contributed by atoms with E-state index >= 15 is 0 Å². The normalized spacial score (nSPS) is 14.9. The van der Waals surface area contributed by atoms with Crippen LogP contribution in [0.4, 0.5) is 0 Å². The molecule has 0 N–H and O–H groups in total. The maximum atomic E-state index is 13.3. The van der Waals surface area contributed by atoms with E-state index in [1.165, 1.54) is 5.01 Å². The number of carbonyl (C=O) groups is 2. The van der Waals surface area contributed by atoms with E-state index in [2.05, 4.69) is 5.10 Å². The van der Waals surface area contributed by atoms with E-state index in [0.717, 1.165) is 28.9 Å². The van der Waals surface area contributed by atoms with Crippen molar-refractivity contribution in [2.75, 3.05) is 20.3 Å². The molecule has 1 amide bonds. The molecule has 3 aromatic rings. The average Bonchev–Trinajstić information content (AvgIpc) is 3.34. The topological polar surface area (TPSA) is 77.4 Å². The van der Waals surface area contributed by atoms with E-state index in [4.69, 9.17) is 14.2 Å². The molecule has 0 saturated carbocycles. The molecule has 0 fully saturated rings. The molecule has 0 spiro atoms. The Bertz CT molecular complexity index is 1180. The van der Waals surface area contributed by atoms with Crippen LogP contribution in [0.15, 0.2) is 77.9 Å². The van der Waals surface area contributed by atoms with Crippen LogP contribution in [0.5, 0.6) is 17.2 Å². The van der Waals surface area contributed by atoms with Gasteiger partial charge in [0.15, 0.2) is 18.1 Å². The minimum Gasteiger partial charge on any atom is -0.497 e. The molecular formula is C27H26N2O5. The molecule has 1 aliphatic rings. The van der Waals surface area contributed by atoms with Crippen molar-refractivity contribution in [3.8, 4) is 17.2 Å². The lowest BCUT2D eigenvalue weighted by Gasteiger charge is -2.22. The third kappa shape index (κ3) is 5.09. The average molecular weight is 459 g/mol. The van der Waals surface area contributed by atoms with Crippen molar-refractivity contribution in [3.05, 3.63) is 89.5 Å². The Morgan fingerprint density at radius 2 is 1.79 bits per heavy atom. The van der Waals surface area contributed by atoms with Crippen LogP contribution in [0.2, 0.25) is 0 Å². The molecule has 3 aromatic carbocycles. The first-order valence-corrected chi connectivity index (χ1v) is 11.1. The number of hydrogen-bond acceptors (Lipinski definition) is 6. The minimum atomic E-state index is -0.284.